The van der Waals surface area contributed by atoms with Crippen LogP contribution in [0.25, 0.3) is 0 Å². The zero-order valence-corrected chi connectivity index (χ0v) is 16.9. The summed E-state index contributed by atoms with van der Waals surface area (Å²) in [6, 6.07) is 11.7. The molecule has 0 aromatic heterocycles. The van der Waals surface area contributed by atoms with Crippen molar-refractivity contribution in [3.63, 3.8) is 0 Å². The van der Waals surface area contributed by atoms with Crippen molar-refractivity contribution in [2.75, 3.05) is 22.8 Å². The van der Waals surface area contributed by atoms with Crippen molar-refractivity contribution in [3.05, 3.63) is 59.1 Å². The molecule has 0 saturated carbocycles. The molecule has 0 radical (unpaired) electrons. The highest BCUT2D eigenvalue weighted by molar-refractivity contribution is 7.92. The predicted molar refractivity (Wildman–Crippen MR) is 105 cm³/mol. The summed E-state index contributed by atoms with van der Waals surface area (Å²) in [5, 5.41) is 2.85. The van der Waals surface area contributed by atoms with E-state index in [2.05, 4.69) is 10.0 Å². The minimum atomic E-state index is -3.92. The minimum absolute atomic E-state index is 0.00816. The van der Waals surface area contributed by atoms with Gasteiger partial charge in [0.05, 0.1) is 16.3 Å². The Morgan fingerprint density at radius 2 is 1.74 bits per heavy atom. The maximum atomic E-state index is 12.5. The van der Waals surface area contributed by atoms with Crippen molar-refractivity contribution in [1.29, 1.82) is 0 Å². The van der Waals surface area contributed by atoms with Gasteiger partial charge in [-0.3, -0.25) is 9.52 Å². The van der Waals surface area contributed by atoms with Gasteiger partial charge in [-0.05, 0) is 36.4 Å². The van der Waals surface area contributed by atoms with Gasteiger partial charge in [0, 0.05) is 22.9 Å². The molecule has 7 nitrogen and oxygen atoms in total. The van der Waals surface area contributed by atoms with Gasteiger partial charge in [0.2, 0.25) is 0 Å². The first-order valence-electron chi connectivity index (χ1n) is 8.00. The normalized spacial score (nSPS) is 11.8. The van der Waals surface area contributed by atoms with Gasteiger partial charge in [0.25, 0.3) is 15.9 Å². The van der Waals surface area contributed by atoms with E-state index in [1.54, 1.807) is 18.2 Å². The molecule has 0 bridgehead atoms. The average molecular weight is 431 g/mol. The van der Waals surface area contributed by atoms with Crippen molar-refractivity contribution in [1.82, 2.24) is 5.32 Å². The average Bonchev–Trinajstić information content (AvgIpc) is 2.61. The molecule has 0 spiro atoms. The maximum absolute atomic E-state index is 12.5. The van der Waals surface area contributed by atoms with Gasteiger partial charge in [-0.25, -0.2) is 16.8 Å². The van der Waals surface area contributed by atoms with E-state index in [0.29, 0.717) is 10.7 Å². The van der Waals surface area contributed by atoms with Crippen LogP contribution in [0.4, 0.5) is 5.69 Å². The standard InChI is InChI=1S/C17H19ClN2O5S2/c1-2-26(22,23)10-9-19-17(21)13-5-3-8-16(11-13)27(24,25)20-15-7-4-6-14(18)12-15/h3-8,11-12,20H,2,9-10H2,1H3,(H,19,21). The molecule has 2 aromatic rings. The highest BCUT2D eigenvalue weighted by Crippen LogP contribution is 2.20. The van der Waals surface area contributed by atoms with Crippen LogP contribution in [0.2, 0.25) is 5.02 Å². The summed E-state index contributed by atoms with van der Waals surface area (Å²) in [5.41, 5.74) is 0.403. The molecule has 0 unspecified atom stereocenters. The van der Waals surface area contributed by atoms with E-state index in [9.17, 15) is 21.6 Å². The largest absolute Gasteiger partial charge is 0.351 e. The minimum Gasteiger partial charge on any atom is -0.351 e. The van der Waals surface area contributed by atoms with Crippen LogP contribution in [0.5, 0.6) is 0 Å². The lowest BCUT2D eigenvalue weighted by Crippen LogP contribution is -2.29. The second-order valence-corrected chi connectivity index (χ2v) is 10.2. The Kier molecular flexibility index (Phi) is 6.85. The molecule has 2 aromatic carbocycles. The first-order valence-corrected chi connectivity index (χ1v) is 11.7. The molecule has 0 fully saturated rings. The van der Waals surface area contributed by atoms with Crippen LogP contribution in [0.1, 0.15) is 17.3 Å². The molecule has 2 rings (SSSR count). The fourth-order valence-electron chi connectivity index (χ4n) is 2.14. The molecule has 0 saturated heterocycles. The molecular weight excluding hydrogens is 412 g/mol. The summed E-state index contributed by atoms with van der Waals surface area (Å²) >= 11 is 5.85. The van der Waals surface area contributed by atoms with Gasteiger partial charge in [-0.1, -0.05) is 30.7 Å². The number of anilines is 1. The zero-order chi connectivity index (χ0) is 20.1. The van der Waals surface area contributed by atoms with E-state index < -0.39 is 25.8 Å². The summed E-state index contributed by atoms with van der Waals surface area (Å²) in [5.74, 6) is -0.740. The highest BCUT2D eigenvalue weighted by atomic mass is 35.5. The van der Waals surface area contributed by atoms with Gasteiger partial charge < -0.3 is 5.32 Å². The molecule has 0 aliphatic rings. The Hall–Kier alpha value is -2.10. The number of hydrogen-bond donors (Lipinski definition) is 2. The number of halogens is 1. The number of rotatable bonds is 8. The maximum Gasteiger partial charge on any atom is 0.261 e. The SMILES string of the molecule is CCS(=O)(=O)CCNC(=O)c1cccc(S(=O)(=O)Nc2cccc(Cl)c2)c1. The number of benzene rings is 2. The van der Waals surface area contributed by atoms with Gasteiger partial charge in [-0.15, -0.1) is 0 Å². The molecule has 27 heavy (non-hydrogen) atoms. The van der Waals surface area contributed by atoms with E-state index in [0.717, 1.165) is 0 Å². The van der Waals surface area contributed by atoms with Crippen LogP contribution in [0.3, 0.4) is 0 Å². The van der Waals surface area contributed by atoms with E-state index >= 15 is 0 Å². The van der Waals surface area contributed by atoms with Crippen LogP contribution in [0, 0.1) is 0 Å². The van der Waals surface area contributed by atoms with Crippen LogP contribution in [0.15, 0.2) is 53.4 Å². The number of hydrogen-bond acceptors (Lipinski definition) is 5. The number of carbonyl (C=O) groups is 1. The Morgan fingerprint density at radius 3 is 2.41 bits per heavy atom. The van der Waals surface area contributed by atoms with Crippen molar-refractivity contribution >= 4 is 43.1 Å². The van der Waals surface area contributed by atoms with E-state index in [1.165, 1.54) is 37.3 Å². The van der Waals surface area contributed by atoms with Crippen LogP contribution in [-0.2, 0) is 19.9 Å². The van der Waals surface area contributed by atoms with Crippen molar-refractivity contribution in [3.8, 4) is 0 Å². The van der Waals surface area contributed by atoms with Crippen molar-refractivity contribution < 1.29 is 21.6 Å². The van der Waals surface area contributed by atoms with Gasteiger partial charge in [0.1, 0.15) is 0 Å². The van der Waals surface area contributed by atoms with Gasteiger partial charge >= 0.3 is 0 Å². The number of carbonyl (C=O) groups excluding carboxylic acids is 1. The smallest absolute Gasteiger partial charge is 0.261 e. The number of sulfonamides is 1. The molecular formula is C17H19ClN2O5S2. The Bertz CT molecular complexity index is 1040. The Morgan fingerprint density at radius 1 is 1.04 bits per heavy atom. The molecule has 1 amide bonds. The predicted octanol–water partition coefficient (Wildman–Crippen LogP) is 2.31. The first kappa shape index (κ1) is 21.2. The van der Waals surface area contributed by atoms with Crippen molar-refractivity contribution in [2.24, 2.45) is 0 Å². The number of amides is 1. The zero-order valence-electron chi connectivity index (χ0n) is 14.5. The number of sulfone groups is 1. The Balaban J connectivity index is 2.12. The number of nitrogens with one attached hydrogen (secondary N) is 2. The Labute approximate surface area is 163 Å². The monoisotopic (exact) mass is 430 g/mol. The fourth-order valence-corrected chi connectivity index (χ4v) is 4.12. The molecule has 2 N–H and O–H groups in total. The summed E-state index contributed by atoms with van der Waals surface area (Å²) < 4.78 is 50.3. The lowest BCUT2D eigenvalue weighted by Gasteiger charge is -2.10. The molecule has 0 aliphatic carbocycles. The third-order valence-electron chi connectivity index (χ3n) is 3.62. The fraction of sp³-hybridized carbons (Fsp3) is 0.235. The second kappa shape index (κ2) is 8.73. The summed E-state index contributed by atoms with van der Waals surface area (Å²) in [6.07, 6.45) is 0. The van der Waals surface area contributed by atoms with Crippen LogP contribution >= 0.6 is 11.6 Å². The third kappa shape index (κ3) is 6.23. The van der Waals surface area contributed by atoms with E-state index in [4.69, 9.17) is 11.6 Å². The van der Waals surface area contributed by atoms with Crippen molar-refractivity contribution in [2.45, 2.75) is 11.8 Å². The second-order valence-electron chi connectivity index (χ2n) is 5.64. The third-order valence-corrected chi connectivity index (χ3v) is 6.94. The van der Waals surface area contributed by atoms with Gasteiger partial charge in [0.15, 0.2) is 9.84 Å². The molecule has 0 heterocycles. The highest BCUT2D eigenvalue weighted by Gasteiger charge is 2.17. The lowest BCUT2D eigenvalue weighted by molar-refractivity contribution is 0.0956. The quantitative estimate of drug-likeness (QED) is 0.667. The lowest BCUT2D eigenvalue weighted by atomic mass is 10.2. The topological polar surface area (TPSA) is 109 Å². The summed E-state index contributed by atoms with van der Waals surface area (Å²) in [4.78, 5) is 12.1. The molecule has 10 heteroatoms. The van der Waals surface area contributed by atoms with Crippen LogP contribution in [-0.4, -0.2) is 40.8 Å². The van der Waals surface area contributed by atoms with E-state index in [1.807, 2.05) is 0 Å². The first-order chi connectivity index (χ1) is 12.6. The molecule has 146 valence electrons. The summed E-state index contributed by atoms with van der Waals surface area (Å²) in [7, 11) is -7.12. The molecule has 0 atom stereocenters. The van der Waals surface area contributed by atoms with Crippen LogP contribution < -0.4 is 10.0 Å². The molecule has 0 aliphatic heterocycles. The summed E-state index contributed by atoms with van der Waals surface area (Å²) in [6.45, 7) is 1.48. The van der Waals surface area contributed by atoms with E-state index in [-0.39, 0.29) is 28.5 Å². The van der Waals surface area contributed by atoms with Gasteiger partial charge in [-0.2, -0.15) is 0 Å².